The zero-order valence-electron chi connectivity index (χ0n) is 11.1. The van der Waals surface area contributed by atoms with Crippen molar-refractivity contribution in [3.8, 4) is 0 Å². The molecule has 0 radical (unpaired) electrons. The number of nitrogens with one attached hydrogen (secondary N) is 1. The minimum Gasteiger partial charge on any atom is -0.464 e. The summed E-state index contributed by atoms with van der Waals surface area (Å²) in [7, 11) is 0. The number of hydrogen-bond acceptors (Lipinski definition) is 3. The molecule has 0 spiro atoms. The van der Waals surface area contributed by atoms with Gasteiger partial charge in [-0.15, -0.1) is 0 Å². The smallest absolute Gasteiger partial charge is 0.139 e. The first kappa shape index (κ1) is 11.6. The van der Waals surface area contributed by atoms with E-state index in [0.29, 0.717) is 11.5 Å². The Balaban J connectivity index is 1.75. The van der Waals surface area contributed by atoms with E-state index in [1.54, 1.807) is 12.5 Å². The van der Waals surface area contributed by atoms with Crippen LogP contribution in [0.4, 0.5) is 5.82 Å². The second-order valence-electron chi connectivity index (χ2n) is 6.07. The number of fused-ring (bicyclic) bond motifs is 1. The van der Waals surface area contributed by atoms with Crippen molar-refractivity contribution in [3.05, 3.63) is 24.6 Å². The molecule has 2 aromatic rings. The average Bonchev–Trinajstić information content (AvgIpc) is 2.81. The number of anilines is 1. The Labute approximate surface area is 108 Å². The molecule has 1 aliphatic rings. The molecule has 0 aromatic carbocycles. The number of furan rings is 1. The van der Waals surface area contributed by atoms with Gasteiger partial charge in [0.2, 0.25) is 0 Å². The fourth-order valence-corrected chi connectivity index (χ4v) is 2.75. The van der Waals surface area contributed by atoms with Crippen molar-refractivity contribution in [1.29, 1.82) is 0 Å². The molecule has 1 aliphatic carbocycles. The lowest BCUT2D eigenvalue weighted by atomic mass is 9.75. The zero-order chi connectivity index (χ0) is 12.6. The van der Waals surface area contributed by atoms with Gasteiger partial charge in [0.1, 0.15) is 11.4 Å². The summed E-state index contributed by atoms with van der Waals surface area (Å²) in [5.41, 5.74) is 1.41. The minimum absolute atomic E-state index is 0.507. The lowest BCUT2D eigenvalue weighted by molar-refractivity contribution is 0.232. The first-order chi connectivity index (χ1) is 8.64. The van der Waals surface area contributed by atoms with E-state index in [2.05, 4.69) is 24.1 Å². The monoisotopic (exact) mass is 244 g/mol. The van der Waals surface area contributed by atoms with Crippen molar-refractivity contribution in [2.24, 2.45) is 5.41 Å². The number of hydrogen-bond donors (Lipinski definition) is 1. The van der Waals surface area contributed by atoms with Crippen LogP contribution in [0, 0.1) is 5.41 Å². The Kier molecular flexibility index (Phi) is 2.77. The summed E-state index contributed by atoms with van der Waals surface area (Å²) in [6.45, 7) is 4.72. The van der Waals surface area contributed by atoms with Gasteiger partial charge in [-0.2, -0.15) is 0 Å². The lowest BCUT2D eigenvalue weighted by Crippen LogP contribution is -2.30. The molecule has 1 N–H and O–H groups in total. The molecule has 0 bridgehead atoms. The summed E-state index contributed by atoms with van der Waals surface area (Å²) in [6.07, 6.45) is 8.55. The van der Waals surface area contributed by atoms with Gasteiger partial charge in [0.05, 0.1) is 11.6 Å². The topological polar surface area (TPSA) is 38.1 Å². The van der Waals surface area contributed by atoms with Crippen molar-refractivity contribution in [2.75, 3.05) is 5.32 Å². The predicted octanol–water partition coefficient (Wildman–Crippen LogP) is 4.21. The van der Waals surface area contributed by atoms with Crippen molar-refractivity contribution >= 4 is 16.8 Å². The van der Waals surface area contributed by atoms with Crippen molar-refractivity contribution < 1.29 is 4.42 Å². The van der Waals surface area contributed by atoms with Gasteiger partial charge in [-0.25, -0.2) is 4.98 Å². The van der Waals surface area contributed by atoms with Crippen molar-refractivity contribution in [2.45, 2.75) is 45.6 Å². The van der Waals surface area contributed by atoms with Gasteiger partial charge in [0.25, 0.3) is 0 Å². The molecule has 1 saturated carbocycles. The summed E-state index contributed by atoms with van der Waals surface area (Å²) >= 11 is 0. The van der Waals surface area contributed by atoms with E-state index in [0.717, 1.165) is 16.8 Å². The molecule has 1 fully saturated rings. The van der Waals surface area contributed by atoms with Gasteiger partial charge >= 0.3 is 0 Å². The van der Waals surface area contributed by atoms with Gasteiger partial charge < -0.3 is 9.73 Å². The molecule has 3 nitrogen and oxygen atoms in total. The van der Waals surface area contributed by atoms with Crippen LogP contribution in [0.5, 0.6) is 0 Å². The van der Waals surface area contributed by atoms with Crippen LogP contribution in [0.3, 0.4) is 0 Å². The highest BCUT2D eigenvalue weighted by Gasteiger charge is 2.27. The molecule has 2 heterocycles. The van der Waals surface area contributed by atoms with E-state index in [4.69, 9.17) is 4.42 Å². The van der Waals surface area contributed by atoms with Gasteiger partial charge in [0.15, 0.2) is 0 Å². The first-order valence-corrected chi connectivity index (χ1v) is 6.73. The number of pyridine rings is 1. The van der Waals surface area contributed by atoms with Gasteiger partial charge in [-0.3, -0.25) is 0 Å². The quantitative estimate of drug-likeness (QED) is 0.860. The largest absolute Gasteiger partial charge is 0.464 e. The Morgan fingerprint density at radius 1 is 1.28 bits per heavy atom. The van der Waals surface area contributed by atoms with Crippen LogP contribution in [-0.2, 0) is 0 Å². The average molecular weight is 244 g/mol. The van der Waals surface area contributed by atoms with E-state index < -0.39 is 0 Å². The predicted molar refractivity (Wildman–Crippen MR) is 73.7 cm³/mol. The number of aromatic nitrogens is 1. The molecule has 18 heavy (non-hydrogen) atoms. The second-order valence-corrected chi connectivity index (χ2v) is 6.07. The molecule has 0 unspecified atom stereocenters. The number of nitrogens with zero attached hydrogens (tertiary/aromatic N) is 1. The van der Waals surface area contributed by atoms with Crippen LogP contribution in [0.1, 0.15) is 39.5 Å². The fourth-order valence-electron chi connectivity index (χ4n) is 2.75. The highest BCUT2D eigenvalue weighted by atomic mass is 16.3. The molecule has 0 atom stereocenters. The number of rotatable bonds is 2. The van der Waals surface area contributed by atoms with E-state index in [-0.39, 0.29) is 0 Å². The summed E-state index contributed by atoms with van der Waals surface area (Å²) in [5, 5.41) is 4.66. The van der Waals surface area contributed by atoms with Crippen LogP contribution in [0.15, 0.2) is 29.0 Å². The Morgan fingerprint density at radius 2 is 2.06 bits per heavy atom. The standard InChI is InChI=1S/C15H20N2O/c1-15(2)7-3-11(4-8-15)17-14-12-6-10-18-13(12)5-9-16-14/h5-6,9-11H,3-4,7-8H2,1-2H3,(H,16,17). The van der Waals surface area contributed by atoms with Crippen molar-refractivity contribution in [1.82, 2.24) is 4.98 Å². The second kappa shape index (κ2) is 4.30. The third kappa shape index (κ3) is 2.22. The van der Waals surface area contributed by atoms with E-state index in [1.807, 2.05) is 12.1 Å². The Morgan fingerprint density at radius 3 is 2.83 bits per heavy atom. The Hall–Kier alpha value is -1.51. The van der Waals surface area contributed by atoms with Crippen LogP contribution in [-0.4, -0.2) is 11.0 Å². The maximum Gasteiger partial charge on any atom is 0.139 e. The van der Waals surface area contributed by atoms with Crippen LogP contribution in [0.2, 0.25) is 0 Å². The fraction of sp³-hybridized carbons (Fsp3) is 0.533. The van der Waals surface area contributed by atoms with Gasteiger partial charge in [-0.05, 0) is 43.2 Å². The van der Waals surface area contributed by atoms with Crippen LogP contribution >= 0.6 is 0 Å². The molecule has 96 valence electrons. The van der Waals surface area contributed by atoms with E-state index in [1.165, 1.54) is 25.7 Å². The van der Waals surface area contributed by atoms with E-state index in [9.17, 15) is 0 Å². The van der Waals surface area contributed by atoms with Crippen LogP contribution < -0.4 is 5.32 Å². The summed E-state index contributed by atoms with van der Waals surface area (Å²) in [4.78, 5) is 4.44. The summed E-state index contributed by atoms with van der Waals surface area (Å²) < 4.78 is 5.40. The summed E-state index contributed by atoms with van der Waals surface area (Å²) in [6, 6.07) is 4.44. The molecular formula is C15H20N2O. The molecule has 3 rings (SSSR count). The van der Waals surface area contributed by atoms with Gasteiger partial charge in [-0.1, -0.05) is 13.8 Å². The third-order valence-corrected chi connectivity index (χ3v) is 4.06. The summed E-state index contributed by atoms with van der Waals surface area (Å²) in [5.74, 6) is 0.964. The zero-order valence-corrected chi connectivity index (χ0v) is 11.1. The highest BCUT2D eigenvalue weighted by molar-refractivity contribution is 5.87. The lowest BCUT2D eigenvalue weighted by Gasteiger charge is -2.34. The van der Waals surface area contributed by atoms with Crippen LogP contribution in [0.25, 0.3) is 11.0 Å². The molecule has 0 amide bonds. The highest BCUT2D eigenvalue weighted by Crippen LogP contribution is 2.36. The van der Waals surface area contributed by atoms with Crippen molar-refractivity contribution in [3.63, 3.8) is 0 Å². The molecule has 0 aliphatic heterocycles. The van der Waals surface area contributed by atoms with Gasteiger partial charge in [0, 0.05) is 12.2 Å². The van der Waals surface area contributed by atoms with E-state index >= 15 is 0 Å². The molecule has 2 aromatic heterocycles. The SMILES string of the molecule is CC1(C)CCC(Nc2nccc3occc23)CC1. The molecule has 3 heteroatoms. The Bertz CT molecular complexity index is 534. The maximum absolute atomic E-state index is 5.40. The maximum atomic E-state index is 5.40. The molecular weight excluding hydrogens is 224 g/mol. The molecule has 0 saturated heterocycles. The first-order valence-electron chi connectivity index (χ1n) is 6.73. The minimum atomic E-state index is 0.507. The third-order valence-electron chi connectivity index (χ3n) is 4.06. The normalized spacial score (nSPS) is 20.1.